The average Bonchev–Trinajstić information content (AvgIpc) is 3.48. The molecule has 0 saturated heterocycles. The molecule has 8 nitrogen and oxygen atoms in total. The summed E-state index contributed by atoms with van der Waals surface area (Å²) in [5.41, 5.74) is 2.38. The molecule has 3 aromatic carbocycles. The van der Waals surface area contributed by atoms with E-state index < -0.39 is 24.1 Å². The van der Waals surface area contributed by atoms with Crippen molar-refractivity contribution in [3.05, 3.63) is 126 Å². The van der Waals surface area contributed by atoms with Crippen LogP contribution < -0.4 is 10.6 Å². The first-order valence-electron chi connectivity index (χ1n) is 12.0. The lowest BCUT2D eigenvalue weighted by atomic mass is 10.1. The first-order chi connectivity index (χ1) is 18.1. The highest BCUT2D eigenvalue weighted by molar-refractivity contribution is 5.94. The maximum atomic E-state index is 13.2. The van der Waals surface area contributed by atoms with Crippen molar-refractivity contribution < 1.29 is 19.1 Å². The summed E-state index contributed by atoms with van der Waals surface area (Å²) < 4.78 is 6.93. The summed E-state index contributed by atoms with van der Waals surface area (Å²) in [5, 5.41) is 5.70. The largest absolute Gasteiger partial charge is 0.462 e. The van der Waals surface area contributed by atoms with Crippen LogP contribution >= 0.6 is 0 Å². The van der Waals surface area contributed by atoms with Crippen molar-refractivity contribution in [3.8, 4) is 0 Å². The third-order valence-corrected chi connectivity index (χ3v) is 5.73. The van der Waals surface area contributed by atoms with Gasteiger partial charge < -0.3 is 15.4 Å². The number of nitrogens with zero attached hydrogens (tertiary/aromatic N) is 2. The monoisotopic (exact) mass is 496 g/mol. The molecule has 37 heavy (non-hydrogen) atoms. The highest BCUT2D eigenvalue weighted by Crippen LogP contribution is 2.09. The number of hydrogen-bond donors (Lipinski definition) is 2. The molecule has 188 valence electrons. The van der Waals surface area contributed by atoms with Crippen LogP contribution in [0.2, 0.25) is 0 Å². The maximum Gasteiger partial charge on any atom is 0.329 e. The van der Waals surface area contributed by atoms with Gasteiger partial charge in [0.2, 0.25) is 0 Å². The first kappa shape index (κ1) is 25.4. The van der Waals surface area contributed by atoms with E-state index in [0.717, 1.165) is 11.1 Å². The van der Waals surface area contributed by atoms with E-state index >= 15 is 0 Å². The Labute approximate surface area is 215 Å². The predicted molar refractivity (Wildman–Crippen MR) is 139 cm³/mol. The molecule has 1 aromatic heterocycles. The second kappa shape index (κ2) is 12.8. The van der Waals surface area contributed by atoms with Crippen LogP contribution in [-0.4, -0.2) is 46.1 Å². The molecule has 0 spiro atoms. The molecule has 0 fully saturated rings. The Balaban J connectivity index is 1.46. The molecule has 0 bridgehead atoms. The van der Waals surface area contributed by atoms with Gasteiger partial charge >= 0.3 is 12.0 Å². The number of esters is 1. The third-order valence-electron chi connectivity index (χ3n) is 5.73. The summed E-state index contributed by atoms with van der Waals surface area (Å²) in [4.78, 5) is 42.5. The summed E-state index contributed by atoms with van der Waals surface area (Å²) in [5.74, 6) is -0.851. The van der Waals surface area contributed by atoms with Gasteiger partial charge in [0.05, 0.1) is 6.04 Å². The molecule has 2 N–H and O–H groups in total. The second-order valence-electron chi connectivity index (χ2n) is 8.52. The van der Waals surface area contributed by atoms with E-state index in [2.05, 4.69) is 15.6 Å². The fraction of sp³-hybridized carbons (Fsp3) is 0.172. The van der Waals surface area contributed by atoms with Crippen LogP contribution in [0.1, 0.15) is 21.5 Å². The highest BCUT2D eigenvalue weighted by atomic mass is 16.5. The second-order valence-corrected chi connectivity index (χ2v) is 8.52. The molecule has 2 amide bonds. The number of benzene rings is 3. The quantitative estimate of drug-likeness (QED) is 0.327. The van der Waals surface area contributed by atoms with E-state index in [1.165, 1.54) is 23.3 Å². The smallest absolute Gasteiger partial charge is 0.329 e. The molecule has 1 heterocycles. The van der Waals surface area contributed by atoms with Crippen LogP contribution in [0.4, 0.5) is 4.79 Å². The van der Waals surface area contributed by atoms with Crippen molar-refractivity contribution in [3.63, 3.8) is 0 Å². The van der Waals surface area contributed by atoms with Crippen molar-refractivity contribution >= 4 is 17.9 Å². The summed E-state index contributed by atoms with van der Waals surface area (Å²) in [7, 11) is 0. The lowest BCUT2D eigenvalue weighted by molar-refractivity contribution is -0.146. The van der Waals surface area contributed by atoms with Crippen molar-refractivity contribution in [1.82, 2.24) is 20.2 Å². The molecule has 0 saturated carbocycles. The first-order valence-corrected chi connectivity index (χ1v) is 12.0. The number of rotatable bonds is 10. The zero-order chi connectivity index (χ0) is 25.9. The topological polar surface area (TPSA) is 102 Å². The van der Waals surface area contributed by atoms with Crippen molar-refractivity contribution in [2.45, 2.75) is 24.9 Å². The fourth-order valence-electron chi connectivity index (χ4n) is 3.84. The molecular weight excluding hydrogens is 468 g/mol. The number of hydrogen-bond acceptors (Lipinski definition) is 5. The molecule has 0 aliphatic carbocycles. The van der Waals surface area contributed by atoms with Crippen LogP contribution in [-0.2, 0) is 22.4 Å². The number of aromatic nitrogens is 2. The van der Waals surface area contributed by atoms with Gasteiger partial charge in [-0.2, -0.15) is 0 Å². The molecule has 0 aliphatic heterocycles. The number of amides is 2. The SMILES string of the molecule is O=C(N[C@@H](COC(=O)[C@@H](Cc1ccccc1)NC(=O)n1ccnc1)Cc1ccccc1)c1ccccc1. The van der Waals surface area contributed by atoms with E-state index in [-0.39, 0.29) is 18.9 Å². The minimum absolute atomic E-state index is 0.0570. The van der Waals surface area contributed by atoms with Crippen LogP contribution in [0, 0.1) is 0 Å². The van der Waals surface area contributed by atoms with Gasteiger partial charge in [0.25, 0.3) is 5.91 Å². The Morgan fingerprint density at radius 3 is 1.97 bits per heavy atom. The van der Waals surface area contributed by atoms with Crippen molar-refractivity contribution in [1.29, 1.82) is 0 Å². The zero-order valence-corrected chi connectivity index (χ0v) is 20.2. The number of carbonyl (C=O) groups excluding carboxylic acids is 3. The van der Waals surface area contributed by atoms with Crippen molar-refractivity contribution in [2.24, 2.45) is 0 Å². The Hall–Kier alpha value is -4.72. The van der Waals surface area contributed by atoms with Gasteiger partial charge in [-0.05, 0) is 29.7 Å². The van der Waals surface area contributed by atoms with Crippen molar-refractivity contribution in [2.75, 3.05) is 6.61 Å². The third kappa shape index (κ3) is 7.63. The van der Waals surface area contributed by atoms with Gasteiger partial charge in [-0.3, -0.25) is 9.36 Å². The lowest BCUT2D eigenvalue weighted by Gasteiger charge is -2.22. The molecule has 4 aromatic rings. The Bertz CT molecular complexity index is 1280. The minimum Gasteiger partial charge on any atom is -0.462 e. The fourth-order valence-corrected chi connectivity index (χ4v) is 3.84. The molecular formula is C29H28N4O4. The molecule has 8 heteroatoms. The maximum absolute atomic E-state index is 13.2. The van der Waals surface area contributed by atoms with Crippen LogP contribution in [0.25, 0.3) is 0 Å². The van der Waals surface area contributed by atoms with E-state index in [0.29, 0.717) is 12.0 Å². The molecule has 0 aliphatic rings. The van der Waals surface area contributed by atoms with Gasteiger partial charge in [-0.25, -0.2) is 14.6 Å². The van der Waals surface area contributed by atoms with Crippen LogP contribution in [0.5, 0.6) is 0 Å². The molecule has 0 radical (unpaired) electrons. The van der Waals surface area contributed by atoms with Crippen LogP contribution in [0.15, 0.2) is 110 Å². The van der Waals surface area contributed by atoms with E-state index in [1.807, 2.05) is 66.7 Å². The highest BCUT2D eigenvalue weighted by Gasteiger charge is 2.25. The van der Waals surface area contributed by atoms with Gasteiger partial charge in [-0.1, -0.05) is 78.9 Å². The zero-order valence-electron chi connectivity index (χ0n) is 20.2. The standard InChI is InChI=1S/C29H28N4O4/c34-27(24-14-8-3-9-15-24)31-25(18-22-10-4-1-5-11-22)20-37-28(35)26(19-23-12-6-2-7-13-23)32-29(36)33-17-16-30-21-33/h1-17,21,25-26H,18-20H2,(H,31,34)(H,32,36)/t25-,26-/m1/s1. The summed E-state index contributed by atoms with van der Waals surface area (Å²) in [6, 6.07) is 26.0. The Morgan fingerprint density at radius 1 is 0.784 bits per heavy atom. The Kier molecular flexibility index (Phi) is 8.80. The normalized spacial score (nSPS) is 12.2. The number of imidazole rings is 1. The summed E-state index contributed by atoms with van der Waals surface area (Å²) in [6.07, 6.45) is 5.05. The van der Waals surface area contributed by atoms with Gasteiger partial charge in [0.1, 0.15) is 19.0 Å². The predicted octanol–water partition coefficient (Wildman–Crippen LogP) is 3.64. The van der Waals surface area contributed by atoms with Gasteiger partial charge in [0.15, 0.2) is 0 Å². The minimum atomic E-state index is -0.931. The number of ether oxygens (including phenoxy) is 1. The van der Waals surface area contributed by atoms with E-state index in [1.54, 1.807) is 24.3 Å². The average molecular weight is 497 g/mol. The number of nitrogens with one attached hydrogen (secondary N) is 2. The summed E-state index contributed by atoms with van der Waals surface area (Å²) >= 11 is 0. The van der Waals surface area contributed by atoms with Crippen LogP contribution in [0.3, 0.4) is 0 Å². The number of carbonyl (C=O) groups is 3. The van der Waals surface area contributed by atoms with E-state index in [9.17, 15) is 14.4 Å². The van der Waals surface area contributed by atoms with Gasteiger partial charge in [0, 0.05) is 24.4 Å². The van der Waals surface area contributed by atoms with Gasteiger partial charge in [-0.15, -0.1) is 0 Å². The molecule has 4 rings (SSSR count). The molecule has 2 atom stereocenters. The summed E-state index contributed by atoms with van der Waals surface area (Å²) in [6.45, 7) is -0.0570. The lowest BCUT2D eigenvalue weighted by Crippen LogP contribution is -2.47. The molecule has 0 unspecified atom stereocenters. The van der Waals surface area contributed by atoms with E-state index in [4.69, 9.17) is 4.74 Å². The Morgan fingerprint density at radius 2 is 1.38 bits per heavy atom.